The van der Waals surface area contributed by atoms with Crippen LogP contribution < -0.4 is 10.5 Å². The van der Waals surface area contributed by atoms with E-state index < -0.39 is 0 Å². The summed E-state index contributed by atoms with van der Waals surface area (Å²) in [5.74, 6) is 0.880. The highest BCUT2D eigenvalue weighted by Crippen LogP contribution is 2.18. The summed E-state index contributed by atoms with van der Waals surface area (Å²) >= 11 is 0. The van der Waals surface area contributed by atoms with Crippen molar-refractivity contribution in [2.24, 2.45) is 5.73 Å². The van der Waals surface area contributed by atoms with Crippen LogP contribution in [0.5, 0.6) is 5.75 Å². The fourth-order valence-electron chi connectivity index (χ4n) is 2.32. The van der Waals surface area contributed by atoms with Gasteiger partial charge < -0.3 is 10.5 Å². The number of nitrogens with zero attached hydrogens (tertiary/aromatic N) is 1. The van der Waals surface area contributed by atoms with E-state index in [-0.39, 0.29) is 6.04 Å². The maximum Gasteiger partial charge on any atom is 0.118 e. The van der Waals surface area contributed by atoms with Gasteiger partial charge >= 0.3 is 0 Å². The van der Waals surface area contributed by atoms with E-state index in [0.717, 1.165) is 18.8 Å². The van der Waals surface area contributed by atoms with Crippen LogP contribution in [0.15, 0.2) is 24.3 Å². The lowest BCUT2D eigenvalue weighted by Crippen LogP contribution is -2.39. The van der Waals surface area contributed by atoms with Gasteiger partial charge in [-0.2, -0.15) is 0 Å². The van der Waals surface area contributed by atoms with Crippen molar-refractivity contribution in [3.8, 4) is 5.75 Å². The minimum atomic E-state index is 0.0618. The van der Waals surface area contributed by atoms with Gasteiger partial charge in [0.05, 0.1) is 7.11 Å². The second-order valence-electron chi connectivity index (χ2n) is 5.49. The lowest BCUT2D eigenvalue weighted by atomic mass is 10.1. The second kappa shape index (κ2) is 8.98. The lowest BCUT2D eigenvalue weighted by Gasteiger charge is -2.31. The molecule has 0 aliphatic carbocycles. The van der Waals surface area contributed by atoms with E-state index in [0.29, 0.717) is 6.04 Å². The van der Waals surface area contributed by atoms with Crippen LogP contribution >= 0.6 is 0 Å². The van der Waals surface area contributed by atoms with Crippen molar-refractivity contribution < 1.29 is 4.74 Å². The first-order valence-corrected chi connectivity index (χ1v) is 7.75. The van der Waals surface area contributed by atoms with Crippen LogP contribution in [0, 0.1) is 0 Å². The summed E-state index contributed by atoms with van der Waals surface area (Å²) in [6.45, 7) is 8.81. The quantitative estimate of drug-likeness (QED) is 0.750. The Labute approximate surface area is 124 Å². The van der Waals surface area contributed by atoms with Crippen molar-refractivity contribution in [1.82, 2.24) is 4.90 Å². The molecule has 0 fully saturated rings. The van der Waals surface area contributed by atoms with Gasteiger partial charge in [-0.25, -0.2) is 0 Å². The third-order valence-corrected chi connectivity index (χ3v) is 3.99. The van der Waals surface area contributed by atoms with Crippen molar-refractivity contribution in [2.45, 2.75) is 52.1 Å². The van der Waals surface area contributed by atoms with Gasteiger partial charge in [-0.15, -0.1) is 0 Å². The van der Waals surface area contributed by atoms with E-state index >= 15 is 0 Å². The molecule has 0 bridgehead atoms. The second-order valence-corrected chi connectivity index (χ2v) is 5.49. The fourth-order valence-corrected chi connectivity index (χ4v) is 2.32. The van der Waals surface area contributed by atoms with Gasteiger partial charge in [0.25, 0.3) is 0 Å². The van der Waals surface area contributed by atoms with Crippen molar-refractivity contribution >= 4 is 0 Å². The van der Waals surface area contributed by atoms with Crippen LogP contribution in [0.4, 0.5) is 0 Å². The predicted octanol–water partition coefficient (Wildman–Crippen LogP) is 3.60. The minimum Gasteiger partial charge on any atom is -0.497 e. The molecule has 3 nitrogen and oxygen atoms in total. The standard InChI is InChI=1S/C17H30N2O/c1-5-7-12-19(14(3)6-2)13-17(18)15-8-10-16(20-4)11-9-15/h8-11,14,17H,5-7,12-13,18H2,1-4H3. The van der Waals surface area contributed by atoms with Crippen molar-refractivity contribution in [3.05, 3.63) is 29.8 Å². The molecular formula is C17H30N2O. The Hall–Kier alpha value is -1.06. The summed E-state index contributed by atoms with van der Waals surface area (Å²) in [4.78, 5) is 2.51. The molecule has 0 spiro atoms. The van der Waals surface area contributed by atoms with Crippen LogP contribution in [-0.4, -0.2) is 31.1 Å². The summed E-state index contributed by atoms with van der Waals surface area (Å²) in [6, 6.07) is 8.75. The number of methoxy groups -OCH3 is 1. The Morgan fingerprint density at radius 3 is 2.35 bits per heavy atom. The average molecular weight is 278 g/mol. The zero-order valence-corrected chi connectivity index (χ0v) is 13.4. The highest BCUT2D eigenvalue weighted by Gasteiger charge is 2.16. The monoisotopic (exact) mass is 278 g/mol. The van der Waals surface area contributed by atoms with E-state index in [4.69, 9.17) is 10.5 Å². The van der Waals surface area contributed by atoms with Crippen LogP contribution in [0.2, 0.25) is 0 Å². The van der Waals surface area contributed by atoms with Crippen molar-refractivity contribution in [2.75, 3.05) is 20.2 Å². The Morgan fingerprint density at radius 2 is 1.85 bits per heavy atom. The first-order chi connectivity index (χ1) is 9.62. The Kier molecular flexibility index (Phi) is 7.63. The van der Waals surface area contributed by atoms with Gasteiger partial charge in [0.2, 0.25) is 0 Å². The average Bonchev–Trinajstić information content (AvgIpc) is 2.50. The molecule has 0 aliphatic heterocycles. The molecule has 0 saturated heterocycles. The number of ether oxygens (including phenoxy) is 1. The predicted molar refractivity (Wildman–Crippen MR) is 86.2 cm³/mol. The molecule has 0 aromatic heterocycles. The normalized spacial score (nSPS) is 14.3. The number of benzene rings is 1. The lowest BCUT2D eigenvalue weighted by molar-refractivity contribution is 0.189. The number of hydrogen-bond acceptors (Lipinski definition) is 3. The number of nitrogens with two attached hydrogens (primary N) is 1. The molecule has 1 aromatic carbocycles. The third-order valence-electron chi connectivity index (χ3n) is 3.99. The van der Waals surface area contributed by atoms with E-state index in [1.165, 1.54) is 24.8 Å². The number of rotatable bonds is 9. The van der Waals surface area contributed by atoms with Gasteiger partial charge in [-0.3, -0.25) is 4.90 Å². The maximum absolute atomic E-state index is 6.37. The zero-order chi connectivity index (χ0) is 15.0. The van der Waals surface area contributed by atoms with Crippen molar-refractivity contribution in [1.29, 1.82) is 0 Å². The first kappa shape index (κ1) is 17.0. The Bertz CT molecular complexity index is 364. The number of hydrogen-bond donors (Lipinski definition) is 1. The van der Waals surface area contributed by atoms with Gasteiger partial charge in [-0.05, 0) is 44.0 Å². The van der Waals surface area contributed by atoms with E-state index in [9.17, 15) is 0 Å². The maximum atomic E-state index is 6.37. The van der Waals surface area contributed by atoms with Gasteiger partial charge in [0, 0.05) is 18.6 Å². The Morgan fingerprint density at radius 1 is 1.20 bits per heavy atom. The molecule has 0 radical (unpaired) electrons. The largest absolute Gasteiger partial charge is 0.497 e. The molecule has 2 atom stereocenters. The van der Waals surface area contributed by atoms with E-state index in [1.807, 2.05) is 12.1 Å². The highest BCUT2D eigenvalue weighted by molar-refractivity contribution is 5.29. The summed E-state index contributed by atoms with van der Waals surface area (Å²) in [7, 11) is 1.68. The van der Waals surface area contributed by atoms with Crippen LogP contribution in [0.25, 0.3) is 0 Å². The topological polar surface area (TPSA) is 38.5 Å². The molecule has 0 amide bonds. The fraction of sp³-hybridized carbons (Fsp3) is 0.647. The van der Waals surface area contributed by atoms with Gasteiger partial charge in [0.15, 0.2) is 0 Å². The van der Waals surface area contributed by atoms with E-state index in [2.05, 4.69) is 37.8 Å². The van der Waals surface area contributed by atoms with Gasteiger partial charge in [-0.1, -0.05) is 32.4 Å². The van der Waals surface area contributed by atoms with Crippen LogP contribution in [0.1, 0.15) is 51.6 Å². The smallest absolute Gasteiger partial charge is 0.118 e. The Balaban J connectivity index is 2.65. The summed E-state index contributed by atoms with van der Waals surface area (Å²) in [6.07, 6.45) is 3.63. The van der Waals surface area contributed by atoms with Crippen LogP contribution in [0.3, 0.4) is 0 Å². The minimum absolute atomic E-state index is 0.0618. The van der Waals surface area contributed by atoms with Gasteiger partial charge in [0.1, 0.15) is 5.75 Å². The van der Waals surface area contributed by atoms with Crippen molar-refractivity contribution in [3.63, 3.8) is 0 Å². The summed E-state index contributed by atoms with van der Waals surface area (Å²) < 4.78 is 5.19. The molecule has 1 rings (SSSR count). The SMILES string of the molecule is CCCCN(CC(N)c1ccc(OC)cc1)C(C)CC. The molecular weight excluding hydrogens is 248 g/mol. The summed E-state index contributed by atoms with van der Waals surface area (Å²) in [5.41, 5.74) is 7.55. The molecule has 1 aromatic rings. The molecule has 2 unspecified atom stereocenters. The highest BCUT2D eigenvalue weighted by atomic mass is 16.5. The molecule has 0 saturated carbocycles. The van der Waals surface area contributed by atoms with Crippen LogP contribution in [-0.2, 0) is 0 Å². The third kappa shape index (κ3) is 5.14. The number of unbranched alkanes of at least 4 members (excludes halogenated alkanes) is 1. The van der Waals surface area contributed by atoms with E-state index in [1.54, 1.807) is 7.11 Å². The molecule has 2 N–H and O–H groups in total. The molecule has 0 heterocycles. The zero-order valence-electron chi connectivity index (χ0n) is 13.4. The summed E-state index contributed by atoms with van der Waals surface area (Å²) in [5, 5.41) is 0. The molecule has 3 heteroatoms. The first-order valence-electron chi connectivity index (χ1n) is 7.75. The molecule has 0 aliphatic rings. The molecule has 20 heavy (non-hydrogen) atoms. The molecule has 114 valence electrons.